The molecule has 3 rings (SSSR count). The molecule has 0 amide bonds. The first-order valence-corrected chi connectivity index (χ1v) is 6.57. The third-order valence-electron chi connectivity index (χ3n) is 2.53. The van der Waals surface area contributed by atoms with Gasteiger partial charge in [0.25, 0.3) is 0 Å². The molecule has 0 bridgehead atoms. The first kappa shape index (κ1) is 10.6. The molecule has 0 spiro atoms. The van der Waals surface area contributed by atoms with Crippen LogP contribution in [0.5, 0.6) is 0 Å². The van der Waals surface area contributed by atoms with Crippen molar-refractivity contribution in [1.82, 2.24) is 9.97 Å². The predicted molar refractivity (Wildman–Crippen MR) is 72.3 cm³/mol. The Morgan fingerprint density at radius 2 is 1.94 bits per heavy atom. The number of aromatic nitrogens is 2. The molecule has 2 nitrogen and oxygen atoms in total. The molecule has 0 saturated carbocycles. The predicted octanol–water partition coefficient (Wildman–Crippen LogP) is 3.19. The van der Waals surface area contributed by atoms with Crippen molar-refractivity contribution in [3.05, 3.63) is 52.5 Å². The molecule has 0 unspecified atom stereocenters. The van der Waals surface area contributed by atoms with E-state index in [-0.39, 0.29) is 0 Å². The minimum Gasteiger partial charge on any atom is -0.759 e. The fraction of sp³-hybridized carbons (Fsp3) is 0.0769. The van der Waals surface area contributed by atoms with E-state index in [1.807, 2.05) is 30.3 Å². The molecule has 84 valence electrons. The van der Waals surface area contributed by atoms with Gasteiger partial charge in [-0.25, -0.2) is 4.98 Å². The van der Waals surface area contributed by atoms with Crippen molar-refractivity contribution in [2.45, 2.75) is 11.4 Å². The third kappa shape index (κ3) is 2.14. The maximum Gasteiger partial charge on any atom is 0.132 e. The Morgan fingerprint density at radius 3 is 2.76 bits per heavy atom. The van der Waals surface area contributed by atoms with Gasteiger partial charge in [-0.1, -0.05) is 29.3 Å². The fourth-order valence-corrected chi connectivity index (χ4v) is 2.72. The van der Waals surface area contributed by atoms with E-state index in [2.05, 4.69) is 21.4 Å². The number of benzene rings is 1. The molecule has 4 heteroatoms. The summed E-state index contributed by atoms with van der Waals surface area (Å²) in [4.78, 5) is 10.2. The normalized spacial score (nSPS) is 10.8. The Hall–Kier alpha value is -1.52. The molecule has 0 aliphatic carbocycles. The minimum atomic E-state index is 0.641. The molecule has 1 aromatic carbocycles. The molecular formula is C13H9N2S2-. The average molecular weight is 257 g/mol. The molecule has 2 aromatic heterocycles. The van der Waals surface area contributed by atoms with Gasteiger partial charge in [0.2, 0.25) is 0 Å². The Kier molecular flexibility index (Phi) is 2.74. The first-order valence-electron chi connectivity index (χ1n) is 5.28. The van der Waals surface area contributed by atoms with Crippen molar-refractivity contribution in [3.63, 3.8) is 0 Å². The molecule has 0 aliphatic rings. The largest absolute Gasteiger partial charge is 0.759 e. The van der Waals surface area contributed by atoms with Gasteiger partial charge in [0.1, 0.15) is 5.82 Å². The van der Waals surface area contributed by atoms with Crippen LogP contribution >= 0.6 is 11.3 Å². The van der Waals surface area contributed by atoms with Gasteiger partial charge in [-0.2, -0.15) is 0 Å². The monoisotopic (exact) mass is 257 g/mol. The smallest absolute Gasteiger partial charge is 0.132 e. The van der Waals surface area contributed by atoms with Gasteiger partial charge in [0, 0.05) is 11.3 Å². The molecule has 0 radical (unpaired) electrons. The molecule has 2 heterocycles. The van der Waals surface area contributed by atoms with Crippen molar-refractivity contribution < 1.29 is 0 Å². The number of thiophene rings is 1. The van der Waals surface area contributed by atoms with Gasteiger partial charge < -0.3 is 12.6 Å². The Bertz CT molecular complexity index is 648. The maximum atomic E-state index is 5.29. The van der Waals surface area contributed by atoms with Crippen molar-refractivity contribution in [3.8, 4) is 0 Å². The Morgan fingerprint density at radius 1 is 1.06 bits per heavy atom. The van der Waals surface area contributed by atoms with Crippen LogP contribution in [0.25, 0.3) is 10.9 Å². The Labute approximate surface area is 109 Å². The van der Waals surface area contributed by atoms with E-state index >= 15 is 0 Å². The summed E-state index contributed by atoms with van der Waals surface area (Å²) in [6.45, 7) is 0. The second kappa shape index (κ2) is 4.39. The van der Waals surface area contributed by atoms with E-state index in [0.717, 1.165) is 23.1 Å². The van der Waals surface area contributed by atoms with Gasteiger partial charge >= 0.3 is 0 Å². The summed E-state index contributed by atoms with van der Waals surface area (Å²) in [5, 5.41) is 3.66. The van der Waals surface area contributed by atoms with Crippen LogP contribution in [0.15, 0.2) is 46.8 Å². The van der Waals surface area contributed by atoms with E-state index in [1.165, 1.54) is 4.88 Å². The van der Waals surface area contributed by atoms with E-state index in [0.29, 0.717) is 5.03 Å². The summed E-state index contributed by atoms with van der Waals surface area (Å²) in [6.07, 6.45) is 0.756. The zero-order valence-electron chi connectivity index (χ0n) is 8.96. The molecule has 17 heavy (non-hydrogen) atoms. The number of hydrogen-bond acceptors (Lipinski definition) is 4. The summed E-state index contributed by atoms with van der Waals surface area (Å²) in [7, 11) is 0. The lowest BCUT2D eigenvalue weighted by Crippen LogP contribution is -1.98. The van der Waals surface area contributed by atoms with E-state index in [1.54, 1.807) is 11.3 Å². The van der Waals surface area contributed by atoms with Crippen LogP contribution in [0.2, 0.25) is 0 Å². The van der Waals surface area contributed by atoms with Gasteiger partial charge in [-0.3, -0.25) is 4.98 Å². The quantitative estimate of drug-likeness (QED) is 0.521. The van der Waals surface area contributed by atoms with E-state index in [4.69, 9.17) is 12.6 Å². The topological polar surface area (TPSA) is 25.8 Å². The molecular weight excluding hydrogens is 248 g/mol. The maximum absolute atomic E-state index is 5.29. The molecule has 0 N–H and O–H groups in total. The third-order valence-corrected chi connectivity index (χ3v) is 3.71. The number of nitrogens with zero attached hydrogens (tertiary/aromatic N) is 2. The number of fused-ring (bicyclic) bond motifs is 1. The second-order valence-corrected chi connectivity index (χ2v) is 5.14. The summed E-state index contributed by atoms with van der Waals surface area (Å²) < 4.78 is 0. The van der Waals surface area contributed by atoms with Crippen molar-refractivity contribution in [2.24, 2.45) is 0 Å². The lowest BCUT2D eigenvalue weighted by atomic mass is 10.2. The minimum absolute atomic E-state index is 0.641. The first-order chi connectivity index (χ1) is 8.33. The summed E-state index contributed by atoms with van der Waals surface area (Å²) in [5.41, 5.74) is 0.930. The molecule has 0 fully saturated rings. The number of rotatable bonds is 2. The highest BCUT2D eigenvalue weighted by molar-refractivity contribution is 7.59. The summed E-state index contributed by atoms with van der Waals surface area (Å²) >= 11 is 7.00. The van der Waals surface area contributed by atoms with Crippen molar-refractivity contribution in [1.29, 1.82) is 0 Å². The lowest BCUT2D eigenvalue weighted by molar-refractivity contribution is 0.953. The zero-order valence-corrected chi connectivity index (χ0v) is 10.6. The van der Waals surface area contributed by atoms with Crippen LogP contribution in [0.1, 0.15) is 10.7 Å². The van der Waals surface area contributed by atoms with Crippen molar-refractivity contribution in [2.75, 3.05) is 0 Å². The number of para-hydroxylation sites is 1. The fourth-order valence-electron chi connectivity index (χ4n) is 1.74. The van der Waals surface area contributed by atoms with E-state index in [9.17, 15) is 0 Å². The van der Waals surface area contributed by atoms with Gasteiger partial charge in [0.05, 0.1) is 5.52 Å². The van der Waals surface area contributed by atoms with Crippen LogP contribution in [-0.2, 0) is 19.0 Å². The van der Waals surface area contributed by atoms with E-state index < -0.39 is 0 Å². The van der Waals surface area contributed by atoms with Crippen molar-refractivity contribution >= 4 is 34.9 Å². The van der Waals surface area contributed by atoms with Crippen LogP contribution in [0.4, 0.5) is 0 Å². The molecule has 0 aliphatic heterocycles. The van der Waals surface area contributed by atoms with Gasteiger partial charge in [-0.15, -0.1) is 11.3 Å². The highest BCUT2D eigenvalue weighted by Crippen LogP contribution is 2.18. The highest BCUT2D eigenvalue weighted by Gasteiger charge is 2.02. The van der Waals surface area contributed by atoms with Gasteiger partial charge in [-0.05, 0) is 22.9 Å². The lowest BCUT2D eigenvalue weighted by Gasteiger charge is -2.11. The van der Waals surface area contributed by atoms with Crippen LogP contribution in [0, 0.1) is 0 Å². The van der Waals surface area contributed by atoms with Gasteiger partial charge in [0.15, 0.2) is 0 Å². The Balaban J connectivity index is 2.06. The molecule has 3 aromatic rings. The molecule has 0 saturated heterocycles. The molecule has 0 atom stereocenters. The van der Waals surface area contributed by atoms with Crippen LogP contribution in [0.3, 0.4) is 0 Å². The zero-order chi connectivity index (χ0) is 11.7. The standard InChI is InChI=1S/C13H10N2S2/c16-13-10-5-1-2-6-11(10)14-12(15-13)8-9-4-3-7-17-9/h1-7H,8H2,(H,14,15,16)/p-1. The SMILES string of the molecule is [S-]c1nc(Cc2cccs2)nc2ccccc12. The van der Waals surface area contributed by atoms with Crippen LogP contribution < -0.4 is 0 Å². The average Bonchev–Trinajstić information content (AvgIpc) is 2.82. The highest BCUT2D eigenvalue weighted by atomic mass is 32.1. The summed E-state index contributed by atoms with van der Waals surface area (Å²) in [5.74, 6) is 0.802. The second-order valence-electron chi connectivity index (χ2n) is 3.72. The number of hydrogen-bond donors (Lipinski definition) is 0. The van der Waals surface area contributed by atoms with Crippen LogP contribution in [-0.4, -0.2) is 9.97 Å². The summed E-state index contributed by atoms with van der Waals surface area (Å²) in [6, 6.07) is 12.0.